The maximum absolute atomic E-state index is 9.11. The normalized spacial score (nSPS) is 24.7. The third-order valence-electron chi connectivity index (χ3n) is 3.61. The molecule has 1 heterocycles. The van der Waals surface area contributed by atoms with Gasteiger partial charge in [-0.3, -0.25) is 0 Å². The fourth-order valence-electron chi connectivity index (χ4n) is 2.58. The third-order valence-corrected chi connectivity index (χ3v) is 3.61. The van der Waals surface area contributed by atoms with Crippen LogP contribution in [0, 0.1) is 5.92 Å². The number of para-hydroxylation sites is 1. The van der Waals surface area contributed by atoms with Crippen LogP contribution in [0.3, 0.4) is 0 Å². The van der Waals surface area contributed by atoms with Crippen LogP contribution in [0.25, 0.3) is 0 Å². The lowest BCUT2D eigenvalue weighted by atomic mass is 10.1. The van der Waals surface area contributed by atoms with Gasteiger partial charge in [0.25, 0.3) is 0 Å². The number of aliphatic hydroxyl groups excluding tert-OH is 1. The van der Waals surface area contributed by atoms with Crippen LogP contribution >= 0.6 is 0 Å². The van der Waals surface area contributed by atoms with E-state index in [0.29, 0.717) is 25.2 Å². The summed E-state index contributed by atoms with van der Waals surface area (Å²) in [5.74, 6) is 1.99. The molecular weight excluding hydrogens is 242 g/mol. The van der Waals surface area contributed by atoms with Gasteiger partial charge in [0.1, 0.15) is 13.2 Å². The summed E-state index contributed by atoms with van der Waals surface area (Å²) < 4.78 is 11.3. The Hall–Kier alpha value is -1.52. The summed E-state index contributed by atoms with van der Waals surface area (Å²) in [6.07, 6.45) is 5.17. The average Bonchev–Trinajstić information content (AvgIpc) is 2.93. The van der Waals surface area contributed by atoms with Crippen molar-refractivity contribution in [2.45, 2.75) is 19.0 Å². The molecule has 0 fully saturated rings. The fraction of sp³-hybridized carbons (Fsp3) is 0.467. The molecule has 1 aliphatic heterocycles. The van der Waals surface area contributed by atoms with Crippen molar-refractivity contribution in [2.24, 2.45) is 5.92 Å². The zero-order valence-corrected chi connectivity index (χ0v) is 10.8. The number of rotatable bonds is 4. The summed E-state index contributed by atoms with van der Waals surface area (Å²) in [6.45, 7) is 2.21. The molecule has 2 N–H and O–H groups in total. The minimum absolute atomic E-state index is 0.229. The van der Waals surface area contributed by atoms with Crippen LogP contribution in [-0.4, -0.2) is 31.0 Å². The summed E-state index contributed by atoms with van der Waals surface area (Å²) in [5, 5.41) is 12.6. The Labute approximate surface area is 113 Å². The smallest absolute Gasteiger partial charge is 0.165 e. The van der Waals surface area contributed by atoms with Crippen LogP contribution in [0.1, 0.15) is 12.0 Å². The highest BCUT2D eigenvalue weighted by atomic mass is 16.6. The zero-order valence-electron chi connectivity index (χ0n) is 10.8. The van der Waals surface area contributed by atoms with Gasteiger partial charge >= 0.3 is 0 Å². The SMILES string of the molecule is OC[C@H]1C=C[C@@H](NCc2cccc3c2OCCO3)C1. The summed E-state index contributed by atoms with van der Waals surface area (Å²) >= 11 is 0. The molecule has 0 radical (unpaired) electrons. The van der Waals surface area contributed by atoms with Gasteiger partial charge in [0.15, 0.2) is 11.5 Å². The van der Waals surface area contributed by atoms with Crippen LogP contribution < -0.4 is 14.8 Å². The number of fused-ring (bicyclic) bond motifs is 1. The molecule has 2 aliphatic rings. The van der Waals surface area contributed by atoms with Crippen LogP contribution in [-0.2, 0) is 6.54 Å². The molecule has 0 saturated heterocycles. The van der Waals surface area contributed by atoms with Gasteiger partial charge in [-0.25, -0.2) is 0 Å². The molecular formula is C15H19NO3. The second kappa shape index (κ2) is 5.63. The van der Waals surface area contributed by atoms with Gasteiger partial charge in [0.05, 0.1) is 0 Å². The number of hydrogen-bond donors (Lipinski definition) is 2. The molecule has 1 aliphatic carbocycles. The number of aliphatic hydroxyl groups is 1. The van der Waals surface area contributed by atoms with E-state index in [9.17, 15) is 0 Å². The number of ether oxygens (including phenoxy) is 2. The van der Waals surface area contributed by atoms with Crippen molar-refractivity contribution < 1.29 is 14.6 Å². The first kappa shape index (κ1) is 12.5. The lowest BCUT2D eigenvalue weighted by Gasteiger charge is -2.22. The molecule has 0 aromatic heterocycles. The Balaban J connectivity index is 1.63. The van der Waals surface area contributed by atoms with Crippen LogP contribution in [0.15, 0.2) is 30.4 Å². The molecule has 0 bridgehead atoms. The van der Waals surface area contributed by atoms with Gasteiger partial charge in [0, 0.05) is 30.7 Å². The van der Waals surface area contributed by atoms with E-state index in [1.54, 1.807) is 0 Å². The average molecular weight is 261 g/mol. The lowest BCUT2D eigenvalue weighted by molar-refractivity contribution is 0.169. The molecule has 1 aromatic carbocycles. The molecule has 0 unspecified atom stereocenters. The first-order valence-corrected chi connectivity index (χ1v) is 6.77. The zero-order chi connectivity index (χ0) is 13.1. The van der Waals surface area contributed by atoms with Crippen molar-refractivity contribution in [3.63, 3.8) is 0 Å². The standard InChI is InChI=1S/C15H19NO3/c17-10-11-4-5-13(8-11)16-9-12-2-1-3-14-15(12)19-7-6-18-14/h1-5,11,13,16-17H,6-10H2/t11-,13+/m0/s1. The topological polar surface area (TPSA) is 50.7 Å². The van der Waals surface area contributed by atoms with E-state index >= 15 is 0 Å². The molecule has 0 spiro atoms. The highest BCUT2D eigenvalue weighted by Gasteiger charge is 2.19. The number of benzene rings is 1. The predicted molar refractivity (Wildman–Crippen MR) is 72.4 cm³/mol. The summed E-state index contributed by atoms with van der Waals surface area (Å²) in [6, 6.07) is 6.32. The minimum atomic E-state index is 0.229. The van der Waals surface area contributed by atoms with Crippen LogP contribution in [0.2, 0.25) is 0 Å². The molecule has 3 rings (SSSR count). The monoisotopic (exact) mass is 261 g/mol. The van der Waals surface area contributed by atoms with Gasteiger partial charge in [-0.15, -0.1) is 0 Å². The predicted octanol–water partition coefficient (Wildman–Crippen LogP) is 1.48. The summed E-state index contributed by atoms with van der Waals surface area (Å²) in [7, 11) is 0. The highest BCUT2D eigenvalue weighted by Crippen LogP contribution is 2.33. The Morgan fingerprint density at radius 3 is 2.95 bits per heavy atom. The molecule has 0 saturated carbocycles. The molecule has 1 aromatic rings. The molecule has 0 amide bonds. The fourth-order valence-corrected chi connectivity index (χ4v) is 2.58. The van der Waals surface area contributed by atoms with E-state index in [-0.39, 0.29) is 6.61 Å². The van der Waals surface area contributed by atoms with Crippen molar-refractivity contribution in [1.82, 2.24) is 5.32 Å². The van der Waals surface area contributed by atoms with Crippen molar-refractivity contribution in [1.29, 1.82) is 0 Å². The summed E-state index contributed by atoms with van der Waals surface area (Å²) in [5.41, 5.74) is 1.12. The van der Waals surface area contributed by atoms with Crippen LogP contribution in [0.5, 0.6) is 11.5 Å². The largest absolute Gasteiger partial charge is 0.486 e. The maximum Gasteiger partial charge on any atom is 0.165 e. The number of hydrogen-bond acceptors (Lipinski definition) is 4. The van der Waals surface area contributed by atoms with Crippen molar-refractivity contribution >= 4 is 0 Å². The number of nitrogens with one attached hydrogen (secondary N) is 1. The van der Waals surface area contributed by atoms with E-state index in [2.05, 4.69) is 23.5 Å². The Morgan fingerprint density at radius 2 is 2.11 bits per heavy atom. The first-order valence-electron chi connectivity index (χ1n) is 6.77. The maximum atomic E-state index is 9.11. The van der Waals surface area contributed by atoms with Gasteiger partial charge in [-0.1, -0.05) is 24.3 Å². The van der Waals surface area contributed by atoms with E-state index < -0.39 is 0 Å². The van der Waals surface area contributed by atoms with Gasteiger partial charge < -0.3 is 19.9 Å². The van der Waals surface area contributed by atoms with Crippen molar-refractivity contribution in [3.8, 4) is 11.5 Å². The van der Waals surface area contributed by atoms with E-state index in [4.69, 9.17) is 14.6 Å². The molecule has 19 heavy (non-hydrogen) atoms. The summed E-state index contributed by atoms with van der Waals surface area (Å²) in [4.78, 5) is 0. The molecule has 4 nitrogen and oxygen atoms in total. The second-order valence-electron chi connectivity index (χ2n) is 4.99. The Morgan fingerprint density at radius 1 is 1.21 bits per heavy atom. The van der Waals surface area contributed by atoms with E-state index in [0.717, 1.165) is 30.0 Å². The second-order valence-corrected chi connectivity index (χ2v) is 4.99. The third kappa shape index (κ3) is 2.74. The lowest BCUT2D eigenvalue weighted by Crippen LogP contribution is -2.27. The quantitative estimate of drug-likeness (QED) is 0.806. The van der Waals surface area contributed by atoms with Gasteiger partial charge in [-0.2, -0.15) is 0 Å². The molecule has 4 heteroatoms. The van der Waals surface area contributed by atoms with Gasteiger partial charge in [-0.05, 0) is 12.5 Å². The van der Waals surface area contributed by atoms with Crippen molar-refractivity contribution in [2.75, 3.05) is 19.8 Å². The van der Waals surface area contributed by atoms with Crippen molar-refractivity contribution in [3.05, 3.63) is 35.9 Å². The van der Waals surface area contributed by atoms with E-state index in [1.807, 2.05) is 12.1 Å². The Kier molecular flexibility index (Phi) is 3.71. The Bertz CT molecular complexity index is 472. The van der Waals surface area contributed by atoms with Gasteiger partial charge in [0.2, 0.25) is 0 Å². The van der Waals surface area contributed by atoms with E-state index in [1.165, 1.54) is 0 Å². The molecule has 102 valence electrons. The highest BCUT2D eigenvalue weighted by molar-refractivity contribution is 5.47. The first-order chi connectivity index (χ1) is 9.36. The van der Waals surface area contributed by atoms with Crippen LogP contribution in [0.4, 0.5) is 0 Å². The minimum Gasteiger partial charge on any atom is -0.486 e. The molecule has 2 atom stereocenters.